The highest BCUT2D eigenvalue weighted by Crippen LogP contribution is 2.38. The maximum absolute atomic E-state index is 5.84. The molecule has 0 heterocycles. The van der Waals surface area contributed by atoms with E-state index in [2.05, 4.69) is 15.6 Å². The van der Waals surface area contributed by atoms with Crippen molar-refractivity contribution in [3.8, 4) is 23.0 Å². The highest BCUT2D eigenvalue weighted by molar-refractivity contribution is 14.0. The quantitative estimate of drug-likeness (QED) is 0.192. The van der Waals surface area contributed by atoms with Crippen molar-refractivity contribution in [2.75, 3.05) is 41.0 Å². The monoisotopic (exact) mass is 543 g/mol. The van der Waals surface area contributed by atoms with E-state index in [1.54, 1.807) is 21.3 Å². The fraction of sp³-hybridized carbons (Fsp3) is 0.435. The number of halogens is 1. The van der Waals surface area contributed by atoms with Gasteiger partial charge in [0, 0.05) is 13.1 Å². The van der Waals surface area contributed by atoms with E-state index >= 15 is 0 Å². The maximum atomic E-state index is 5.84. The number of methoxy groups -OCH3 is 3. The molecule has 0 radical (unpaired) electrons. The lowest BCUT2D eigenvalue weighted by Crippen LogP contribution is -2.38. The molecule has 0 unspecified atom stereocenters. The first-order valence-electron chi connectivity index (χ1n) is 10.1. The zero-order valence-electron chi connectivity index (χ0n) is 19.0. The summed E-state index contributed by atoms with van der Waals surface area (Å²) >= 11 is 0. The summed E-state index contributed by atoms with van der Waals surface area (Å²) in [4.78, 5) is 4.66. The summed E-state index contributed by atoms with van der Waals surface area (Å²) in [5, 5.41) is 6.60. The molecule has 0 amide bonds. The average molecular weight is 543 g/mol. The molecule has 2 aromatic rings. The smallest absolute Gasteiger partial charge is 0.203 e. The van der Waals surface area contributed by atoms with Crippen LogP contribution < -0.4 is 29.6 Å². The van der Waals surface area contributed by atoms with Crippen molar-refractivity contribution in [1.82, 2.24) is 10.6 Å². The van der Waals surface area contributed by atoms with Crippen molar-refractivity contribution < 1.29 is 18.9 Å². The number of para-hydroxylation sites is 1. The molecule has 0 aliphatic rings. The molecule has 7 nitrogen and oxygen atoms in total. The number of aliphatic imine (C=N–C) groups is 1. The van der Waals surface area contributed by atoms with Gasteiger partial charge in [0.25, 0.3) is 0 Å². The van der Waals surface area contributed by atoms with Crippen molar-refractivity contribution in [2.24, 2.45) is 4.99 Å². The molecule has 0 fully saturated rings. The van der Waals surface area contributed by atoms with E-state index in [1.807, 2.05) is 50.2 Å². The number of hydrogen-bond donors (Lipinski definition) is 2. The zero-order chi connectivity index (χ0) is 21.8. The van der Waals surface area contributed by atoms with E-state index in [9.17, 15) is 0 Å². The van der Waals surface area contributed by atoms with E-state index in [4.69, 9.17) is 18.9 Å². The summed E-state index contributed by atoms with van der Waals surface area (Å²) < 4.78 is 22.0. The standard InChI is InChI=1S/C23H33N3O4.HI/c1-6-24-23(25-12-9-13-30-19-11-8-7-10-17(19)2)26-16-18-14-20(27-3)22(29-5)21(15-18)28-4;/h7-8,10-11,14-15H,6,9,12-13,16H2,1-5H3,(H2,24,25,26);1H. The SMILES string of the molecule is CCNC(=NCc1cc(OC)c(OC)c(OC)c1)NCCCOc1ccccc1C.I. The second-order valence-electron chi connectivity index (χ2n) is 6.62. The van der Waals surface area contributed by atoms with Crippen LogP contribution in [0.3, 0.4) is 0 Å². The summed E-state index contributed by atoms with van der Waals surface area (Å²) in [6.45, 7) is 6.74. The van der Waals surface area contributed by atoms with Crippen LogP contribution >= 0.6 is 24.0 Å². The van der Waals surface area contributed by atoms with Crippen LogP contribution in [0.25, 0.3) is 0 Å². The average Bonchev–Trinajstić information content (AvgIpc) is 2.77. The van der Waals surface area contributed by atoms with Gasteiger partial charge in [-0.2, -0.15) is 0 Å². The predicted molar refractivity (Wildman–Crippen MR) is 136 cm³/mol. The number of benzene rings is 2. The summed E-state index contributed by atoms with van der Waals surface area (Å²) in [7, 11) is 4.80. The molecule has 8 heteroatoms. The Morgan fingerprint density at radius 2 is 1.61 bits per heavy atom. The Labute approximate surface area is 202 Å². The molecule has 31 heavy (non-hydrogen) atoms. The van der Waals surface area contributed by atoms with Gasteiger partial charge in [0.05, 0.1) is 34.5 Å². The Morgan fingerprint density at radius 1 is 0.935 bits per heavy atom. The molecule has 0 aliphatic heterocycles. The summed E-state index contributed by atoms with van der Waals surface area (Å²) in [6, 6.07) is 11.9. The molecule has 0 aromatic heterocycles. The van der Waals surface area contributed by atoms with Gasteiger partial charge in [-0.25, -0.2) is 4.99 Å². The number of nitrogens with one attached hydrogen (secondary N) is 2. The number of nitrogens with zero attached hydrogens (tertiary/aromatic N) is 1. The third kappa shape index (κ3) is 8.35. The molecule has 0 atom stereocenters. The fourth-order valence-corrected chi connectivity index (χ4v) is 2.92. The van der Waals surface area contributed by atoms with E-state index in [1.165, 1.54) is 0 Å². The third-order valence-corrected chi connectivity index (χ3v) is 4.45. The minimum Gasteiger partial charge on any atom is -0.493 e. The number of rotatable bonds is 11. The first kappa shape index (κ1) is 26.7. The van der Waals surface area contributed by atoms with Gasteiger partial charge in [-0.3, -0.25) is 0 Å². The molecule has 0 aliphatic carbocycles. The number of guanidine groups is 1. The Kier molecular flexibility index (Phi) is 12.6. The molecular formula is C23H34IN3O4. The van der Waals surface area contributed by atoms with Gasteiger partial charge in [-0.1, -0.05) is 18.2 Å². The summed E-state index contributed by atoms with van der Waals surface area (Å²) in [5.41, 5.74) is 2.11. The van der Waals surface area contributed by atoms with E-state index in [0.29, 0.717) is 30.4 Å². The van der Waals surface area contributed by atoms with Gasteiger partial charge in [-0.15, -0.1) is 24.0 Å². The van der Waals surface area contributed by atoms with Crippen molar-refractivity contribution in [3.05, 3.63) is 47.5 Å². The number of hydrogen-bond acceptors (Lipinski definition) is 5. The normalized spacial score (nSPS) is 10.7. The minimum atomic E-state index is 0. The van der Waals surface area contributed by atoms with Crippen LogP contribution in [0.2, 0.25) is 0 Å². The van der Waals surface area contributed by atoms with E-state index in [-0.39, 0.29) is 24.0 Å². The summed E-state index contributed by atoms with van der Waals surface area (Å²) in [5.74, 6) is 3.50. The molecule has 0 spiro atoms. The van der Waals surface area contributed by atoms with Crippen molar-refractivity contribution in [2.45, 2.75) is 26.8 Å². The van der Waals surface area contributed by atoms with Gasteiger partial charge < -0.3 is 29.6 Å². The molecule has 0 bridgehead atoms. The Hall–Kier alpha value is -2.36. The third-order valence-electron chi connectivity index (χ3n) is 4.45. The lowest BCUT2D eigenvalue weighted by atomic mass is 10.2. The Bertz CT molecular complexity index is 805. The Morgan fingerprint density at radius 3 is 2.19 bits per heavy atom. The Balaban J connectivity index is 0.00000480. The molecule has 0 saturated carbocycles. The van der Waals surface area contributed by atoms with Gasteiger partial charge >= 0.3 is 0 Å². The van der Waals surface area contributed by atoms with Crippen LogP contribution in [0, 0.1) is 6.92 Å². The highest BCUT2D eigenvalue weighted by atomic mass is 127. The molecular weight excluding hydrogens is 509 g/mol. The van der Waals surface area contributed by atoms with Crippen molar-refractivity contribution >= 4 is 29.9 Å². The number of ether oxygens (including phenoxy) is 4. The largest absolute Gasteiger partial charge is 0.493 e. The maximum Gasteiger partial charge on any atom is 0.203 e. The van der Waals surface area contributed by atoms with Gasteiger partial charge in [0.1, 0.15) is 5.75 Å². The van der Waals surface area contributed by atoms with Gasteiger partial charge in [-0.05, 0) is 49.6 Å². The zero-order valence-corrected chi connectivity index (χ0v) is 21.3. The van der Waals surface area contributed by atoms with E-state index < -0.39 is 0 Å². The molecule has 2 N–H and O–H groups in total. The van der Waals surface area contributed by atoms with Crippen LogP contribution in [0.15, 0.2) is 41.4 Å². The minimum absolute atomic E-state index is 0. The number of aryl methyl sites for hydroxylation is 1. The first-order valence-corrected chi connectivity index (χ1v) is 10.1. The van der Waals surface area contributed by atoms with Crippen molar-refractivity contribution in [1.29, 1.82) is 0 Å². The van der Waals surface area contributed by atoms with Gasteiger partial charge in [0.15, 0.2) is 17.5 Å². The molecule has 172 valence electrons. The first-order chi connectivity index (χ1) is 14.6. The second kappa shape index (κ2) is 14.6. The summed E-state index contributed by atoms with van der Waals surface area (Å²) in [6.07, 6.45) is 0.864. The lowest BCUT2D eigenvalue weighted by molar-refractivity contribution is 0.309. The van der Waals surface area contributed by atoms with Crippen molar-refractivity contribution in [3.63, 3.8) is 0 Å². The predicted octanol–water partition coefficient (Wildman–Crippen LogP) is 4.16. The fourth-order valence-electron chi connectivity index (χ4n) is 2.92. The molecule has 2 aromatic carbocycles. The lowest BCUT2D eigenvalue weighted by Gasteiger charge is -2.14. The van der Waals surface area contributed by atoms with Crippen LogP contribution in [-0.4, -0.2) is 47.0 Å². The van der Waals surface area contributed by atoms with Gasteiger partial charge in [0.2, 0.25) is 5.75 Å². The second-order valence-corrected chi connectivity index (χ2v) is 6.62. The van der Waals surface area contributed by atoms with Crippen LogP contribution in [0.1, 0.15) is 24.5 Å². The topological polar surface area (TPSA) is 73.3 Å². The van der Waals surface area contributed by atoms with Crippen LogP contribution in [0.4, 0.5) is 0 Å². The molecule has 2 rings (SSSR count). The van der Waals surface area contributed by atoms with Crippen LogP contribution in [0.5, 0.6) is 23.0 Å². The van der Waals surface area contributed by atoms with E-state index in [0.717, 1.165) is 42.3 Å². The molecule has 0 saturated heterocycles. The van der Waals surface area contributed by atoms with Crippen LogP contribution in [-0.2, 0) is 6.54 Å². The highest BCUT2D eigenvalue weighted by Gasteiger charge is 2.13.